The molecule has 0 spiro atoms. The van der Waals surface area contributed by atoms with E-state index in [9.17, 15) is 4.39 Å². The molecule has 3 rings (SSSR count). The molecule has 1 aromatic heterocycles. The van der Waals surface area contributed by atoms with Crippen LogP contribution in [-0.2, 0) is 0 Å². The van der Waals surface area contributed by atoms with E-state index in [-0.39, 0.29) is 5.82 Å². The lowest BCUT2D eigenvalue weighted by atomic mass is 10.2. The van der Waals surface area contributed by atoms with Gasteiger partial charge < -0.3 is 9.30 Å². The van der Waals surface area contributed by atoms with Crippen molar-refractivity contribution in [2.24, 2.45) is 4.99 Å². The molecule has 24 heavy (non-hydrogen) atoms. The van der Waals surface area contributed by atoms with Crippen molar-refractivity contribution < 1.29 is 9.13 Å². The fraction of sp³-hybridized carbons (Fsp3) is 0.150. The summed E-state index contributed by atoms with van der Waals surface area (Å²) in [5, 5.41) is 0. The molecule has 0 aliphatic carbocycles. The number of aryl methyl sites for hydroxylation is 2. The normalized spacial score (nSPS) is 11.2. The Balaban J connectivity index is 1.94. The molecule has 4 heteroatoms. The third-order valence-corrected chi connectivity index (χ3v) is 3.92. The highest BCUT2D eigenvalue weighted by Gasteiger charge is 2.06. The van der Waals surface area contributed by atoms with Crippen LogP contribution < -0.4 is 4.74 Å². The molecule has 3 nitrogen and oxygen atoms in total. The van der Waals surface area contributed by atoms with E-state index in [1.54, 1.807) is 32.4 Å². The number of aliphatic imine (C=N–C) groups is 1. The van der Waals surface area contributed by atoms with Crippen molar-refractivity contribution >= 4 is 11.9 Å². The van der Waals surface area contributed by atoms with Crippen LogP contribution in [0.5, 0.6) is 5.75 Å². The number of benzene rings is 2. The van der Waals surface area contributed by atoms with Crippen LogP contribution in [0, 0.1) is 19.7 Å². The SMILES string of the molecule is COc1ccc(-n2c(C)ccc2C=Nc2ccc(F)c(C)c2)cc1. The van der Waals surface area contributed by atoms with Gasteiger partial charge in [-0.3, -0.25) is 4.99 Å². The van der Waals surface area contributed by atoms with Crippen LogP contribution in [-0.4, -0.2) is 17.9 Å². The van der Waals surface area contributed by atoms with Crippen LogP contribution in [0.15, 0.2) is 59.6 Å². The lowest BCUT2D eigenvalue weighted by Gasteiger charge is -2.10. The largest absolute Gasteiger partial charge is 0.497 e. The molecule has 0 saturated heterocycles. The molecule has 1 heterocycles. The van der Waals surface area contributed by atoms with Gasteiger partial charge in [0.25, 0.3) is 0 Å². The number of hydrogen-bond acceptors (Lipinski definition) is 2. The van der Waals surface area contributed by atoms with Crippen molar-refractivity contribution in [3.05, 3.63) is 77.4 Å². The van der Waals surface area contributed by atoms with Gasteiger partial charge in [-0.15, -0.1) is 0 Å². The zero-order valence-electron chi connectivity index (χ0n) is 14.0. The van der Waals surface area contributed by atoms with Gasteiger partial charge in [0.2, 0.25) is 0 Å². The Labute approximate surface area is 141 Å². The standard InChI is InChI=1S/C20H19FN2O/c1-14-12-16(5-11-20(14)21)22-13-18-6-4-15(2)23(18)17-7-9-19(24-3)10-8-17/h4-13H,1-3H3. The minimum atomic E-state index is -0.216. The summed E-state index contributed by atoms with van der Waals surface area (Å²) in [6.07, 6.45) is 1.80. The van der Waals surface area contributed by atoms with Gasteiger partial charge in [0.15, 0.2) is 0 Å². The Hall–Kier alpha value is -2.88. The van der Waals surface area contributed by atoms with E-state index in [1.165, 1.54) is 6.07 Å². The third kappa shape index (κ3) is 3.23. The van der Waals surface area contributed by atoms with Crippen LogP contribution in [0.1, 0.15) is 17.0 Å². The van der Waals surface area contributed by atoms with Gasteiger partial charge in [-0.2, -0.15) is 0 Å². The third-order valence-electron chi connectivity index (χ3n) is 3.92. The molecule has 122 valence electrons. The summed E-state index contributed by atoms with van der Waals surface area (Å²) in [5.41, 5.74) is 4.42. The summed E-state index contributed by atoms with van der Waals surface area (Å²) >= 11 is 0. The summed E-state index contributed by atoms with van der Waals surface area (Å²) in [5.74, 6) is 0.604. The molecule has 0 aliphatic heterocycles. The van der Waals surface area contributed by atoms with Crippen molar-refractivity contribution in [1.29, 1.82) is 0 Å². The van der Waals surface area contributed by atoms with E-state index in [0.717, 1.165) is 28.5 Å². The molecule has 0 amide bonds. The Morgan fingerprint density at radius 1 is 1.00 bits per heavy atom. The summed E-state index contributed by atoms with van der Waals surface area (Å²) in [4.78, 5) is 4.47. The first kappa shape index (κ1) is 16.0. The van der Waals surface area contributed by atoms with Crippen molar-refractivity contribution in [2.75, 3.05) is 7.11 Å². The number of nitrogens with zero attached hydrogens (tertiary/aromatic N) is 2. The monoisotopic (exact) mass is 322 g/mol. The predicted octanol–water partition coefficient (Wildman–Crippen LogP) is 4.99. The molecule has 2 aromatic carbocycles. The Kier molecular flexibility index (Phi) is 4.47. The Morgan fingerprint density at radius 3 is 2.42 bits per heavy atom. The van der Waals surface area contributed by atoms with Crippen molar-refractivity contribution in [3.63, 3.8) is 0 Å². The van der Waals surface area contributed by atoms with Crippen LogP contribution in [0.3, 0.4) is 0 Å². The van der Waals surface area contributed by atoms with Gasteiger partial charge in [0.05, 0.1) is 24.7 Å². The average molecular weight is 322 g/mol. The van der Waals surface area contributed by atoms with E-state index in [2.05, 4.69) is 9.56 Å². The summed E-state index contributed by atoms with van der Waals surface area (Å²) < 4.78 is 20.7. The molecular weight excluding hydrogens is 303 g/mol. The molecule has 0 radical (unpaired) electrons. The van der Waals surface area contributed by atoms with E-state index in [4.69, 9.17) is 4.74 Å². The van der Waals surface area contributed by atoms with Gasteiger partial charge in [-0.25, -0.2) is 4.39 Å². The number of aromatic nitrogens is 1. The van der Waals surface area contributed by atoms with Crippen LogP contribution in [0.25, 0.3) is 5.69 Å². The first-order chi connectivity index (χ1) is 11.6. The first-order valence-electron chi connectivity index (χ1n) is 7.71. The van der Waals surface area contributed by atoms with Crippen LogP contribution in [0.4, 0.5) is 10.1 Å². The van der Waals surface area contributed by atoms with E-state index < -0.39 is 0 Å². The van der Waals surface area contributed by atoms with Gasteiger partial charge in [-0.05, 0) is 74.0 Å². The molecule has 0 fully saturated rings. The lowest BCUT2D eigenvalue weighted by molar-refractivity contribution is 0.414. The molecule has 3 aromatic rings. The maximum Gasteiger partial charge on any atom is 0.126 e. The topological polar surface area (TPSA) is 26.5 Å². The maximum atomic E-state index is 13.3. The molecule has 0 bridgehead atoms. The second kappa shape index (κ2) is 6.71. The van der Waals surface area contributed by atoms with Gasteiger partial charge >= 0.3 is 0 Å². The fourth-order valence-electron chi connectivity index (χ4n) is 2.59. The zero-order chi connectivity index (χ0) is 17.1. The quantitative estimate of drug-likeness (QED) is 0.621. The van der Waals surface area contributed by atoms with Crippen molar-refractivity contribution in [3.8, 4) is 11.4 Å². The Bertz CT molecular complexity index is 879. The van der Waals surface area contributed by atoms with E-state index in [1.807, 2.05) is 43.3 Å². The first-order valence-corrected chi connectivity index (χ1v) is 7.71. The van der Waals surface area contributed by atoms with Crippen LogP contribution in [0.2, 0.25) is 0 Å². The number of hydrogen-bond donors (Lipinski definition) is 0. The summed E-state index contributed by atoms with van der Waals surface area (Å²) in [6.45, 7) is 3.78. The predicted molar refractivity (Wildman–Crippen MR) is 95.4 cm³/mol. The number of ether oxygens (including phenoxy) is 1. The van der Waals surface area contributed by atoms with Gasteiger partial charge in [0, 0.05) is 11.4 Å². The molecule has 0 aliphatic rings. The average Bonchev–Trinajstić information content (AvgIpc) is 2.97. The molecule has 0 atom stereocenters. The van der Waals surface area contributed by atoms with Gasteiger partial charge in [-0.1, -0.05) is 0 Å². The van der Waals surface area contributed by atoms with Crippen molar-refractivity contribution in [2.45, 2.75) is 13.8 Å². The summed E-state index contributed by atoms with van der Waals surface area (Å²) in [6, 6.07) is 16.8. The van der Waals surface area contributed by atoms with Gasteiger partial charge in [0.1, 0.15) is 11.6 Å². The zero-order valence-corrected chi connectivity index (χ0v) is 14.0. The highest BCUT2D eigenvalue weighted by molar-refractivity contribution is 5.81. The lowest BCUT2D eigenvalue weighted by Crippen LogP contribution is -2.01. The Morgan fingerprint density at radius 2 is 1.75 bits per heavy atom. The van der Waals surface area contributed by atoms with E-state index in [0.29, 0.717) is 5.56 Å². The highest BCUT2D eigenvalue weighted by atomic mass is 19.1. The maximum absolute atomic E-state index is 13.3. The van der Waals surface area contributed by atoms with E-state index >= 15 is 0 Å². The number of methoxy groups -OCH3 is 1. The number of rotatable bonds is 4. The fourth-order valence-corrected chi connectivity index (χ4v) is 2.59. The second-order valence-electron chi connectivity index (χ2n) is 5.62. The minimum Gasteiger partial charge on any atom is -0.497 e. The second-order valence-corrected chi connectivity index (χ2v) is 5.62. The molecular formula is C20H19FN2O. The minimum absolute atomic E-state index is 0.216. The smallest absolute Gasteiger partial charge is 0.126 e. The number of halogens is 1. The van der Waals surface area contributed by atoms with Crippen LogP contribution >= 0.6 is 0 Å². The molecule has 0 saturated carbocycles. The highest BCUT2D eigenvalue weighted by Crippen LogP contribution is 2.21. The molecule has 0 unspecified atom stereocenters. The summed E-state index contributed by atoms with van der Waals surface area (Å²) in [7, 11) is 1.65. The molecule has 0 N–H and O–H groups in total. The van der Waals surface area contributed by atoms with Crippen molar-refractivity contribution in [1.82, 2.24) is 4.57 Å².